The number of benzene rings is 2. The van der Waals surface area contributed by atoms with E-state index < -0.39 is 29.5 Å². The molecule has 3 aromatic rings. The topological polar surface area (TPSA) is 65.5 Å². The molecule has 0 aliphatic carbocycles. The summed E-state index contributed by atoms with van der Waals surface area (Å²) in [7, 11) is 0. The van der Waals surface area contributed by atoms with Gasteiger partial charge in [-0.25, -0.2) is 13.8 Å². The lowest BCUT2D eigenvalue weighted by atomic mass is 10.0. The fourth-order valence-electron chi connectivity index (χ4n) is 4.70. The summed E-state index contributed by atoms with van der Waals surface area (Å²) in [5.41, 5.74) is 1.22. The lowest BCUT2D eigenvalue weighted by Crippen LogP contribution is -2.46. The first-order chi connectivity index (χ1) is 18.5. The van der Waals surface area contributed by atoms with Crippen LogP contribution in [-0.2, 0) is 9.53 Å². The van der Waals surface area contributed by atoms with Crippen molar-refractivity contribution in [3.8, 4) is 0 Å². The number of halogens is 2. The number of amides is 2. The van der Waals surface area contributed by atoms with Gasteiger partial charge in [-0.3, -0.25) is 14.5 Å². The quantitative estimate of drug-likeness (QED) is 0.432. The number of morpholine rings is 1. The standard InChI is InChI=1S/C28H28F2N4O3S/c29-21-6-3-5-20(17-21)28(36)33(11-10-32-12-14-37-15-13-32)19-27(35)34-25(22-7-1-2-8-23(22)30)18-24(31-34)26-9-4-16-38-26/h1-9,16-17,25H,10-15,18-19H2/t25-/m0/s1. The van der Waals surface area contributed by atoms with Gasteiger partial charge in [0, 0.05) is 43.7 Å². The van der Waals surface area contributed by atoms with E-state index in [1.807, 2.05) is 17.5 Å². The molecule has 0 unspecified atom stereocenters. The van der Waals surface area contributed by atoms with E-state index in [-0.39, 0.29) is 18.7 Å². The van der Waals surface area contributed by atoms with Crippen molar-refractivity contribution in [3.05, 3.63) is 93.7 Å². The number of carbonyl (C=O) groups is 2. The number of hydrazone groups is 1. The second kappa shape index (κ2) is 11.9. The van der Waals surface area contributed by atoms with Crippen LogP contribution in [0.2, 0.25) is 0 Å². The third-order valence-corrected chi connectivity index (χ3v) is 7.63. The Labute approximate surface area is 223 Å². The Balaban J connectivity index is 1.40. The Kier molecular flexibility index (Phi) is 8.21. The predicted molar refractivity (Wildman–Crippen MR) is 141 cm³/mol. The van der Waals surface area contributed by atoms with Crippen LogP contribution in [0.1, 0.15) is 33.3 Å². The summed E-state index contributed by atoms with van der Waals surface area (Å²) < 4.78 is 34.1. The van der Waals surface area contributed by atoms with Gasteiger partial charge in [0.05, 0.1) is 29.8 Å². The molecule has 3 heterocycles. The SMILES string of the molecule is O=C(c1cccc(F)c1)N(CCN1CCOCC1)CC(=O)N1N=C(c2cccs2)C[C@H]1c1ccccc1F. The van der Waals surface area contributed by atoms with Crippen molar-refractivity contribution in [2.45, 2.75) is 12.5 Å². The fourth-order valence-corrected chi connectivity index (χ4v) is 5.42. The molecule has 2 aliphatic rings. The molecule has 1 atom stereocenters. The van der Waals surface area contributed by atoms with E-state index in [0.29, 0.717) is 37.5 Å². The molecule has 0 bridgehead atoms. The second-order valence-corrected chi connectivity index (χ2v) is 10.1. The van der Waals surface area contributed by atoms with Gasteiger partial charge in [0.25, 0.3) is 11.8 Å². The Morgan fingerprint density at radius 1 is 1.05 bits per heavy atom. The number of rotatable bonds is 8. The van der Waals surface area contributed by atoms with Crippen molar-refractivity contribution in [2.75, 3.05) is 45.9 Å². The van der Waals surface area contributed by atoms with Crippen LogP contribution in [0.25, 0.3) is 0 Å². The minimum absolute atomic E-state index is 0.162. The summed E-state index contributed by atoms with van der Waals surface area (Å²) >= 11 is 1.50. The summed E-state index contributed by atoms with van der Waals surface area (Å²) in [6.07, 6.45) is 0.360. The molecule has 1 fully saturated rings. The molecule has 0 N–H and O–H groups in total. The molecule has 1 saturated heterocycles. The van der Waals surface area contributed by atoms with E-state index in [2.05, 4.69) is 10.0 Å². The van der Waals surface area contributed by atoms with E-state index in [4.69, 9.17) is 4.74 Å². The summed E-state index contributed by atoms with van der Waals surface area (Å²) in [5, 5.41) is 7.82. The molecule has 10 heteroatoms. The maximum atomic E-state index is 14.8. The number of thiophene rings is 1. The average Bonchev–Trinajstić information content (AvgIpc) is 3.62. The fraction of sp³-hybridized carbons (Fsp3) is 0.321. The first kappa shape index (κ1) is 26.1. The van der Waals surface area contributed by atoms with Gasteiger partial charge in [-0.2, -0.15) is 5.10 Å². The first-order valence-electron chi connectivity index (χ1n) is 12.5. The number of hydrogen-bond donors (Lipinski definition) is 0. The average molecular weight is 539 g/mol. The molecule has 0 radical (unpaired) electrons. The maximum absolute atomic E-state index is 14.8. The van der Waals surface area contributed by atoms with Gasteiger partial charge >= 0.3 is 0 Å². The highest BCUT2D eigenvalue weighted by Crippen LogP contribution is 2.35. The number of ether oxygens (including phenoxy) is 1. The van der Waals surface area contributed by atoms with Crippen LogP contribution in [0.4, 0.5) is 8.78 Å². The predicted octanol–water partition coefficient (Wildman–Crippen LogP) is 4.18. The third-order valence-electron chi connectivity index (χ3n) is 6.71. The normalized spacial score (nSPS) is 17.9. The summed E-state index contributed by atoms with van der Waals surface area (Å²) in [6, 6.07) is 15.0. The molecule has 0 saturated carbocycles. The lowest BCUT2D eigenvalue weighted by molar-refractivity contribution is -0.133. The molecule has 7 nitrogen and oxygen atoms in total. The van der Waals surface area contributed by atoms with Crippen LogP contribution < -0.4 is 0 Å². The zero-order valence-electron chi connectivity index (χ0n) is 20.8. The van der Waals surface area contributed by atoms with Crippen LogP contribution in [0.5, 0.6) is 0 Å². The highest BCUT2D eigenvalue weighted by Gasteiger charge is 2.36. The Bertz CT molecular complexity index is 1310. The number of hydrogen-bond acceptors (Lipinski definition) is 6. The minimum atomic E-state index is -0.633. The summed E-state index contributed by atoms with van der Waals surface area (Å²) in [4.78, 5) is 31.6. The van der Waals surface area contributed by atoms with Gasteiger partial charge in [-0.1, -0.05) is 30.3 Å². The van der Waals surface area contributed by atoms with Gasteiger partial charge in [0.2, 0.25) is 0 Å². The minimum Gasteiger partial charge on any atom is -0.379 e. The Morgan fingerprint density at radius 3 is 2.61 bits per heavy atom. The van der Waals surface area contributed by atoms with Gasteiger partial charge < -0.3 is 9.64 Å². The molecule has 38 heavy (non-hydrogen) atoms. The molecule has 5 rings (SSSR count). The van der Waals surface area contributed by atoms with Crippen molar-refractivity contribution in [1.82, 2.24) is 14.8 Å². The molecule has 198 valence electrons. The highest BCUT2D eigenvalue weighted by molar-refractivity contribution is 7.12. The zero-order valence-corrected chi connectivity index (χ0v) is 21.6. The van der Waals surface area contributed by atoms with Crippen LogP contribution in [-0.4, -0.2) is 78.3 Å². The molecular formula is C28H28F2N4O3S. The smallest absolute Gasteiger partial charge is 0.262 e. The van der Waals surface area contributed by atoms with Crippen molar-refractivity contribution < 1.29 is 23.1 Å². The van der Waals surface area contributed by atoms with Gasteiger partial charge in [0.15, 0.2) is 0 Å². The van der Waals surface area contributed by atoms with E-state index in [9.17, 15) is 18.4 Å². The molecule has 1 aromatic heterocycles. The monoisotopic (exact) mass is 538 g/mol. The van der Waals surface area contributed by atoms with Crippen LogP contribution in [0.15, 0.2) is 71.1 Å². The lowest BCUT2D eigenvalue weighted by Gasteiger charge is -2.31. The molecule has 0 spiro atoms. The van der Waals surface area contributed by atoms with Crippen molar-refractivity contribution in [2.24, 2.45) is 5.10 Å². The second-order valence-electron chi connectivity index (χ2n) is 9.19. The Hall–Kier alpha value is -3.47. The van der Waals surface area contributed by atoms with Gasteiger partial charge in [-0.05, 0) is 35.7 Å². The first-order valence-corrected chi connectivity index (χ1v) is 13.4. The summed E-state index contributed by atoms with van der Waals surface area (Å²) in [6.45, 7) is 3.20. The Morgan fingerprint density at radius 2 is 1.87 bits per heavy atom. The van der Waals surface area contributed by atoms with Gasteiger partial charge in [0.1, 0.15) is 18.2 Å². The van der Waals surface area contributed by atoms with E-state index in [1.54, 1.807) is 18.2 Å². The van der Waals surface area contributed by atoms with Crippen LogP contribution in [0.3, 0.4) is 0 Å². The largest absolute Gasteiger partial charge is 0.379 e. The zero-order chi connectivity index (χ0) is 26.5. The van der Waals surface area contributed by atoms with E-state index in [1.165, 1.54) is 51.6 Å². The molecule has 2 amide bonds. The number of nitrogens with zero attached hydrogens (tertiary/aromatic N) is 4. The van der Waals surface area contributed by atoms with Crippen molar-refractivity contribution in [1.29, 1.82) is 0 Å². The van der Waals surface area contributed by atoms with Crippen molar-refractivity contribution >= 4 is 28.9 Å². The third kappa shape index (κ3) is 5.98. The van der Waals surface area contributed by atoms with Crippen molar-refractivity contribution in [3.63, 3.8) is 0 Å². The van der Waals surface area contributed by atoms with Crippen LogP contribution >= 0.6 is 11.3 Å². The highest BCUT2D eigenvalue weighted by atomic mass is 32.1. The van der Waals surface area contributed by atoms with E-state index in [0.717, 1.165) is 18.0 Å². The number of carbonyl (C=O) groups excluding carboxylic acids is 2. The molecular weight excluding hydrogens is 510 g/mol. The molecule has 2 aromatic carbocycles. The van der Waals surface area contributed by atoms with Gasteiger partial charge in [-0.15, -0.1) is 11.3 Å². The molecule has 2 aliphatic heterocycles. The summed E-state index contributed by atoms with van der Waals surface area (Å²) in [5.74, 6) is -1.83. The van der Waals surface area contributed by atoms with E-state index >= 15 is 0 Å². The van der Waals surface area contributed by atoms with Crippen LogP contribution in [0, 0.1) is 11.6 Å². The maximum Gasteiger partial charge on any atom is 0.262 e.